The molecular weight excluding hydrogens is 396 g/mol. The first-order chi connectivity index (χ1) is 13.8. The Morgan fingerprint density at radius 1 is 1.17 bits per heavy atom. The topological polar surface area (TPSA) is 121 Å². The summed E-state index contributed by atoms with van der Waals surface area (Å²) >= 11 is 0. The summed E-state index contributed by atoms with van der Waals surface area (Å²) in [6.07, 6.45) is -2.99. The molecule has 2 aliphatic rings. The number of methoxy groups -OCH3 is 1. The first-order valence-electron chi connectivity index (χ1n) is 10.1. The SMILES string of the molecule is CO[C@@H]1[C@H]2OC(C)(C)O[C@H]2O[C@@H]1C(CC(=O)NCCC(C)=O)NC(=O)OC(C)(C)C. The largest absolute Gasteiger partial charge is 0.444 e. The number of alkyl carbamates (subject to hydrolysis) is 1. The number of hydrogen-bond acceptors (Lipinski definition) is 8. The highest BCUT2D eigenvalue weighted by Gasteiger charge is 2.57. The van der Waals surface area contributed by atoms with Gasteiger partial charge in [-0.3, -0.25) is 9.59 Å². The molecule has 172 valence electrons. The number of Topliss-reactive ketones (excluding diaryl/α,β-unsaturated/α-hetero) is 1. The molecule has 2 rings (SSSR count). The van der Waals surface area contributed by atoms with Gasteiger partial charge in [0.25, 0.3) is 0 Å². The molecule has 0 aromatic rings. The van der Waals surface area contributed by atoms with E-state index in [4.69, 9.17) is 23.7 Å². The fourth-order valence-corrected chi connectivity index (χ4v) is 3.45. The number of ketones is 1. The third-order valence-corrected chi connectivity index (χ3v) is 4.60. The molecule has 0 saturated carbocycles. The number of rotatable bonds is 8. The molecule has 0 aliphatic carbocycles. The zero-order chi connectivity index (χ0) is 22.7. The van der Waals surface area contributed by atoms with Crippen molar-refractivity contribution < 1.29 is 38.1 Å². The lowest BCUT2D eigenvalue weighted by molar-refractivity contribution is -0.219. The molecule has 0 aromatic carbocycles. The number of nitrogens with one attached hydrogen (secondary N) is 2. The molecule has 2 N–H and O–H groups in total. The summed E-state index contributed by atoms with van der Waals surface area (Å²) in [5, 5.41) is 5.39. The third kappa shape index (κ3) is 6.90. The van der Waals surface area contributed by atoms with E-state index in [0.717, 1.165) is 0 Å². The Kier molecular flexibility index (Phi) is 7.84. The van der Waals surface area contributed by atoms with Crippen LogP contribution >= 0.6 is 0 Å². The van der Waals surface area contributed by atoms with Crippen molar-refractivity contribution in [3.8, 4) is 0 Å². The average Bonchev–Trinajstić information content (AvgIpc) is 3.03. The van der Waals surface area contributed by atoms with Crippen molar-refractivity contribution in [2.24, 2.45) is 0 Å². The predicted octanol–water partition coefficient (Wildman–Crippen LogP) is 1.26. The molecule has 10 heteroatoms. The van der Waals surface area contributed by atoms with E-state index >= 15 is 0 Å². The van der Waals surface area contributed by atoms with Crippen molar-refractivity contribution in [3.05, 3.63) is 0 Å². The summed E-state index contributed by atoms with van der Waals surface area (Å²) in [7, 11) is 1.51. The van der Waals surface area contributed by atoms with Crippen LogP contribution in [0.1, 0.15) is 54.4 Å². The van der Waals surface area contributed by atoms with Gasteiger partial charge in [0.1, 0.15) is 29.7 Å². The molecule has 0 aromatic heterocycles. The summed E-state index contributed by atoms with van der Waals surface area (Å²) in [4.78, 5) is 35.9. The molecule has 2 aliphatic heterocycles. The molecule has 0 bridgehead atoms. The number of hydrogen-bond donors (Lipinski definition) is 2. The van der Waals surface area contributed by atoms with Crippen LogP contribution in [0.3, 0.4) is 0 Å². The van der Waals surface area contributed by atoms with Crippen LogP contribution in [0.2, 0.25) is 0 Å². The lowest BCUT2D eigenvalue weighted by Gasteiger charge is -2.31. The van der Waals surface area contributed by atoms with Crippen LogP contribution in [0.25, 0.3) is 0 Å². The zero-order valence-electron chi connectivity index (χ0n) is 18.8. The van der Waals surface area contributed by atoms with Gasteiger partial charge in [0.05, 0.1) is 6.04 Å². The van der Waals surface area contributed by atoms with Gasteiger partial charge < -0.3 is 34.3 Å². The van der Waals surface area contributed by atoms with Crippen molar-refractivity contribution in [1.29, 1.82) is 0 Å². The molecule has 5 atom stereocenters. The van der Waals surface area contributed by atoms with Crippen LogP contribution < -0.4 is 10.6 Å². The summed E-state index contributed by atoms with van der Waals surface area (Å²) in [6, 6.07) is -0.761. The molecular formula is C20H34N2O8. The lowest BCUT2D eigenvalue weighted by Crippen LogP contribution is -2.52. The highest BCUT2D eigenvalue weighted by atomic mass is 16.8. The van der Waals surface area contributed by atoms with Gasteiger partial charge in [0.15, 0.2) is 12.1 Å². The van der Waals surface area contributed by atoms with Gasteiger partial charge in [-0.15, -0.1) is 0 Å². The maximum absolute atomic E-state index is 12.4. The van der Waals surface area contributed by atoms with Crippen LogP contribution in [-0.2, 0) is 33.3 Å². The van der Waals surface area contributed by atoms with Crippen molar-refractivity contribution in [3.63, 3.8) is 0 Å². The smallest absolute Gasteiger partial charge is 0.407 e. The van der Waals surface area contributed by atoms with Crippen molar-refractivity contribution in [2.45, 2.75) is 96.4 Å². The van der Waals surface area contributed by atoms with Gasteiger partial charge >= 0.3 is 6.09 Å². The second-order valence-corrected chi connectivity index (χ2v) is 9.03. The Labute approximate surface area is 177 Å². The average molecular weight is 430 g/mol. The van der Waals surface area contributed by atoms with E-state index < -0.39 is 48.1 Å². The molecule has 2 heterocycles. The van der Waals surface area contributed by atoms with E-state index in [1.165, 1.54) is 14.0 Å². The minimum Gasteiger partial charge on any atom is -0.444 e. The summed E-state index contributed by atoms with van der Waals surface area (Å²) < 4.78 is 28.6. The van der Waals surface area contributed by atoms with Crippen LogP contribution in [-0.4, -0.2) is 73.5 Å². The van der Waals surface area contributed by atoms with E-state index in [-0.39, 0.29) is 31.1 Å². The fraction of sp³-hybridized carbons (Fsp3) is 0.850. The zero-order valence-corrected chi connectivity index (χ0v) is 18.8. The van der Waals surface area contributed by atoms with Gasteiger partial charge in [-0.2, -0.15) is 0 Å². The van der Waals surface area contributed by atoms with Crippen LogP contribution in [0, 0.1) is 0 Å². The first kappa shape index (κ1) is 24.5. The molecule has 30 heavy (non-hydrogen) atoms. The molecule has 0 radical (unpaired) electrons. The quantitative estimate of drug-likeness (QED) is 0.590. The van der Waals surface area contributed by atoms with Crippen molar-refractivity contribution >= 4 is 17.8 Å². The molecule has 2 saturated heterocycles. The Morgan fingerprint density at radius 3 is 2.40 bits per heavy atom. The molecule has 10 nitrogen and oxygen atoms in total. The minimum absolute atomic E-state index is 0.0259. The Morgan fingerprint density at radius 2 is 1.83 bits per heavy atom. The number of fused-ring (bicyclic) bond motifs is 1. The predicted molar refractivity (Wildman–Crippen MR) is 106 cm³/mol. The molecule has 1 unspecified atom stereocenters. The van der Waals surface area contributed by atoms with E-state index in [9.17, 15) is 14.4 Å². The monoisotopic (exact) mass is 430 g/mol. The standard InChI is InChI=1S/C20H34N2O8/c1-11(23)8-9-21-13(24)10-12(22-18(25)30-19(2,3)4)14-15(26-7)16-17(27-14)29-20(5,6)28-16/h12,14-17H,8-10H2,1-7H3,(H,21,24)(H,22,25)/t12?,14-,15+,16-,17-/m1/s1. The summed E-state index contributed by atoms with van der Waals surface area (Å²) in [6.45, 7) is 10.5. The second kappa shape index (κ2) is 9.59. The van der Waals surface area contributed by atoms with Crippen LogP contribution in [0.4, 0.5) is 4.79 Å². The van der Waals surface area contributed by atoms with Gasteiger partial charge in [-0.1, -0.05) is 0 Å². The van der Waals surface area contributed by atoms with E-state index in [1.807, 2.05) is 0 Å². The van der Waals surface area contributed by atoms with Crippen molar-refractivity contribution in [2.75, 3.05) is 13.7 Å². The summed E-state index contributed by atoms with van der Waals surface area (Å²) in [5.41, 5.74) is -0.706. The van der Waals surface area contributed by atoms with Gasteiger partial charge in [-0.25, -0.2) is 4.79 Å². The Balaban J connectivity index is 2.11. The first-order valence-corrected chi connectivity index (χ1v) is 10.1. The third-order valence-electron chi connectivity index (χ3n) is 4.60. The van der Waals surface area contributed by atoms with Crippen LogP contribution in [0.15, 0.2) is 0 Å². The minimum atomic E-state index is -0.824. The van der Waals surface area contributed by atoms with Crippen LogP contribution in [0.5, 0.6) is 0 Å². The summed E-state index contributed by atoms with van der Waals surface area (Å²) in [5.74, 6) is -1.19. The Hall–Kier alpha value is -1.75. The number of carbonyl (C=O) groups is 3. The van der Waals surface area contributed by atoms with Gasteiger partial charge in [0.2, 0.25) is 5.91 Å². The maximum atomic E-state index is 12.4. The van der Waals surface area contributed by atoms with Gasteiger partial charge in [0, 0.05) is 26.5 Å². The molecule has 2 amide bonds. The molecule has 2 fully saturated rings. The highest BCUT2D eigenvalue weighted by Crippen LogP contribution is 2.39. The number of ether oxygens (including phenoxy) is 5. The van der Waals surface area contributed by atoms with E-state index in [1.54, 1.807) is 34.6 Å². The Bertz CT molecular complexity index is 645. The normalized spacial score (nSPS) is 28.5. The van der Waals surface area contributed by atoms with E-state index in [0.29, 0.717) is 0 Å². The molecule has 0 spiro atoms. The van der Waals surface area contributed by atoms with E-state index in [2.05, 4.69) is 10.6 Å². The number of amides is 2. The van der Waals surface area contributed by atoms with Crippen molar-refractivity contribution in [1.82, 2.24) is 10.6 Å². The maximum Gasteiger partial charge on any atom is 0.407 e. The lowest BCUT2D eigenvalue weighted by atomic mass is 10.00. The highest BCUT2D eigenvalue weighted by molar-refractivity contribution is 5.79. The number of carbonyl (C=O) groups excluding carboxylic acids is 3. The second-order valence-electron chi connectivity index (χ2n) is 9.03. The fourth-order valence-electron chi connectivity index (χ4n) is 3.45. The van der Waals surface area contributed by atoms with Gasteiger partial charge in [-0.05, 0) is 41.5 Å².